The lowest BCUT2D eigenvalue weighted by molar-refractivity contribution is 0.919. The fourth-order valence-corrected chi connectivity index (χ4v) is 2.28. The fourth-order valence-electron chi connectivity index (χ4n) is 2.28. The zero-order valence-electron chi connectivity index (χ0n) is 9.14. The highest BCUT2D eigenvalue weighted by Gasteiger charge is 2.11. The summed E-state index contributed by atoms with van der Waals surface area (Å²) in [7, 11) is 0. The minimum atomic E-state index is 1.16. The maximum Gasteiger partial charge on any atom is -0.00642 e. The van der Waals surface area contributed by atoms with Gasteiger partial charge in [-0.05, 0) is 42.4 Å². The Balaban J connectivity index is 2.36. The van der Waals surface area contributed by atoms with Crippen LogP contribution in [-0.2, 0) is 19.3 Å². The van der Waals surface area contributed by atoms with Crippen LogP contribution in [0.4, 0.5) is 0 Å². The first-order valence-electron chi connectivity index (χ1n) is 5.62. The van der Waals surface area contributed by atoms with Crippen molar-refractivity contribution in [3.63, 3.8) is 0 Å². The van der Waals surface area contributed by atoms with E-state index in [1.54, 1.807) is 16.7 Å². The summed E-state index contributed by atoms with van der Waals surface area (Å²) in [5.41, 5.74) is 6.29. The molecule has 14 heavy (non-hydrogen) atoms. The molecule has 0 heterocycles. The molecule has 0 aromatic heterocycles. The Morgan fingerprint density at radius 1 is 1.14 bits per heavy atom. The minimum Gasteiger partial charge on any atom is -0.0806 e. The summed E-state index contributed by atoms with van der Waals surface area (Å²) >= 11 is 0. The van der Waals surface area contributed by atoms with Gasteiger partial charge >= 0.3 is 0 Å². The van der Waals surface area contributed by atoms with Crippen molar-refractivity contribution >= 4 is 0 Å². The van der Waals surface area contributed by atoms with Crippen molar-refractivity contribution < 1.29 is 0 Å². The third-order valence-corrected chi connectivity index (χ3v) is 3.22. The van der Waals surface area contributed by atoms with Crippen molar-refractivity contribution in [2.45, 2.75) is 39.5 Å². The lowest BCUT2D eigenvalue weighted by Crippen LogP contribution is -2.05. The third kappa shape index (κ3) is 1.61. The van der Waals surface area contributed by atoms with Crippen molar-refractivity contribution in [1.82, 2.24) is 0 Å². The Morgan fingerprint density at radius 3 is 2.71 bits per heavy atom. The largest absolute Gasteiger partial charge is 0.0806 e. The molecule has 0 N–H and O–H groups in total. The number of benzene rings is 1. The smallest absolute Gasteiger partial charge is 0.00642 e. The monoisotopic (exact) mass is 186 g/mol. The molecule has 0 atom stereocenters. The molecule has 0 saturated heterocycles. The summed E-state index contributed by atoms with van der Waals surface area (Å²) in [6.07, 6.45) is 7.12. The van der Waals surface area contributed by atoms with E-state index < -0.39 is 0 Å². The van der Waals surface area contributed by atoms with Crippen LogP contribution in [0, 0.1) is 0 Å². The van der Waals surface area contributed by atoms with Crippen LogP contribution in [0.25, 0.3) is 0 Å². The molecule has 0 amide bonds. The summed E-state index contributed by atoms with van der Waals surface area (Å²) in [6.45, 7) is 4.50. The van der Waals surface area contributed by atoms with Gasteiger partial charge in [0.05, 0.1) is 0 Å². The van der Waals surface area contributed by atoms with Crippen molar-refractivity contribution in [3.05, 3.63) is 46.5 Å². The number of aryl methyl sites for hydroxylation is 1. The molecule has 1 aliphatic rings. The highest BCUT2D eigenvalue weighted by Crippen LogP contribution is 2.25. The number of fused-ring (bicyclic) bond motifs is 1. The zero-order valence-corrected chi connectivity index (χ0v) is 9.14. The highest BCUT2D eigenvalue weighted by atomic mass is 14.2. The molecule has 1 aromatic carbocycles. The molecular weight excluding hydrogens is 168 g/mol. The van der Waals surface area contributed by atoms with Crippen LogP contribution in [0.3, 0.4) is 0 Å². The Bertz CT molecular complexity index is 358. The van der Waals surface area contributed by atoms with Crippen LogP contribution >= 0.6 is 0 Å². The molecule has 74 valence electrons. The molecule has 0 unspecified atom stereocenters. The first-order valence-corrected chi connectivity index (χ1v) is 5.62. The summed E-state index contributed by atoms with van der Waals surface area (Å²) in [5, 5.41) is 0. The van der Waals surface area contributed by atoms with Crippen LogP contribution in [0.5, 0.6) is 0 Å². The topological polar surface area (TPSA) is 0 Å². The molecule has 0 spiro atoms. The Morgan fingerprint density at radius 2 is 2.00 bits per heavy atom. The van der Waals surface area contributed by atoms with E-state index in [1.807, 2.05) is 0 Å². The second-order valence-electron chi connectivity index (χ2n) is 4.01. The summed E-state index contributed by atoms with van der Waals surface area (Å²) in [4.78, 5) is 0. The van der Waals surface area contributed by atoms with Crippen molar-refractivity contribution in [3.8, 4) is 0 Å². The molecule has 1 aromatic rings. The van der Waals surface area contributed by atoms with E-state index in [1.165, 1.54) is 24.8 Å². The average molecular weight is 186 g/mol. The van der Waals surface area contributed by atoms with Gasteiger partial charge < -0.3 is 0 Å². The maximum atomic E-state index is 2.42. The normalized spacial score (nSPS) is 14.9. The van der Waals surface area contributed by atoms with Gasteiger partial charge in [-0.3, -0.25) is 0 Å². The lowest BCUT2D eigenvalue weighted by Gasteiger charge is -2.18. The molecular formula is C14H18. The fraction of sp³-hybridized carbons (Fsp3) is 0.429. The Hall–Kier alpha value is -1.04. The predicted molar refractivity (Wildman–Crippen MR) is 61.6 cm³/mol. The van der Waals surface area contributed by atoms with E-state index in [9.17, 15) is 0 Å². The second kappa shape index (κ2) is 4.00. The third-order valence-electron chi connectivity index (χ3n) is 3.22. The van der Waals surface area contributed by atoms with Gasteiger partial charge in [0.2, 0.25) is 0 Å². The Labute approximate surface area is 86.7 Å². The van der Waals surface area contributed by atoms with Crippen LogP contribution in [0.1, 0.15) is 37.0 Å². The number of hydrogen-bond acceptors (Lipinski definition) is 0. The van der Waals surface area contributed by atoms with Gasteiger partial charge in [0.1, 0.15) is 0 Å². The van der Waals surface area contributed by atoms with Crippen LogP contribution in [0.15, 0.2) is 29.8 Å². The molecule has 1 aliphatic carbocycles. The predicted octanol–water partition coefficient (Wildman–Crippen LogP) is 3.68. The van der Waals surface area contributed by atoms with Crippen molar-refractivity contribution in [2.75, 3.05) is 0 Å². The summed E-state index contributed by atoms with van der Waals surface area (Å²) < 4.78 is 0. The number of allylic oxidation sites excluding steroid dienone is 2. The first-order chi connectivity index (χ1) is 6.85. The van der Waals surface area contributed by atoms with Crippen molar-refractivity contribution in [1.29, 1.82) is 0 Å². The number of hydrogen-bond donors (Lipinski definition) is 0. The van der Waals surface area contributed by atoms with Crippen LogP contribution in [0.2, 0.25) is 0 Å². The molecule has 0 heteroatoms. The standard InChI is InChI=1S/C14H18/c1-3-11-8-9-14-12(4-2)6-5-7-13(14)10-11/h5-8H,3-4,9-10H2,1-2H3. The van der Waals surface area contributed by atoms with Gasteiger partial charge in [-0.1, -0.05) is 43.7 Å². The van der Waals surface area contributed by atoms with Gasteiger partial charge in [-0.2, -0.15) is 0 Å². The zero-order chi connectivity index (χ0) is 9.97. The van der Waals surface area contributed by atoms with E-state index in [0.717, 1.165) is 6.42 Å². The first kappa shape index (κ1) is 9.51. The summed E-state index contributed by atoms with van der Waals surface area (Å²) in [6, 6.07) is 6.76. The average Bonchev–Trinajstić information content (AvgIpc) is 2.27. The highest BCUT2D eigenvalue weighted by molar-refractivity contribution is 5.42. The van der Waals surface area contributed by atoms with E-state index in [4.69, 9.17) is 0 Å². The van der Waals surface area contributed by atoms with E-state index in [2.05, 4.69) is 38.1 Å². The van der Waals surface area contributed by atoms with Crippen LogP contribution in [-0.4, -0.2) is 0 Å². The molecule has 0 aliphatic heterocycles. The van der Waals surface area contributed by atoms with Crippen LogP contribution < -0.4 is 0 Å². The lowest BCUT2D eigenvalue weighted by atomic mass is 9.87. The quantitative estimate of drug-likeness (QED) is 0.618. The summed E-state index contributed by atoms with van der Waals surface area (Å²) in [5.74, 6) is 0. The van der Waals surface area contributed by atoms with Gasteiger partial charge in [0.15, 0.2) is 0 Å². The maximum absolute atomic E-state index is 2.42. The number of rotatable bonds is 2. The van der Waals surface area contributed by atoms with E-state index in [0.29, 0.717) is 0 Å². The minimum absolute atomic E-state index is 1.16. The van der Waals surface area contributed by atoms with E-state index >= 15 is 0 Å². The Kier molecular flexibility index (Phi) is 2.72. The second-order valence-corrected chi connectivity index (χ2v) is 4.01. The SMILES string of the molecule is CCC1=CCc2c(CC)cccc2C1. The van der Waals surface area contributed by atoms with Crippen molar-refractivity contribution in [2.24, 2.45) is 0 Å². The molecule has 2 rings (SSSR count). The van der Waals surface area contributed by atoms with Gasteiger partial charge in [0.25, 0.3) is 0 Å². The molecule has 0 radical (unpaired) electrons. The van der Waals surface area contributed by atoms with Gasteiger partial charge in [-0.25, -0.2) is 0 Å². The molecule has 0 bridgehead atoms. The van der Waals surface area contributed by atoms with Gasteiger partial charge in [-0.15, -0.1) is 0 Å². The molecule has 0 fully saturated rings. The van der Waals surface area contributed by atoms with Gasteiger partial charge in [0, 0.05) is 0 Å². The molecule has 0 saturated carbocycles. The molecule has 0 nitrogen and oxygen atoms in total. The van der Waals surface area contributed by atoms with E-state index in [-0.39, 0.29) is 0 Å².